The first-order chi connectivity index (χ1) is 13.9. The predicted molar refractivity (Wildman–Crippen MR) is 100 cm³/mol. The minimum absolute atomic E-state index is 0.278. The second kappa shape index (κ2) is 8.68. The lowest BCUT2D eigenvalue weighted by atomic mass is 10.1. The van der Waals surface area contributed by atoms with Gasteiger partial charge in [0.05, 0.1) is 25.0 Å². The van der Waals surface area contributed by atoms with Crippen molar-refractivity contribution in [2.45, 2.75) is 6.18 Å². The van der Waals surface area contributed by atoms with Gasteiger partial charge in [-0.15, -0.1) is 0 Å². The highest BCUT2D eigenvalue weighted by atomic mass is 19.4. The molecule has 0 aliphatic carbocycles. The van der Waals surface area contributed by atoms with Crippen LogP contribution in [0.1, 0.15) is 5.69 Å². The summed E-state index contributed by atoms with van der Waals surface area (Å²) in [6.07, 6.45) is -3.99. The monoisotopic (exact) mass is 405 g/mol. The lowest BCUT2D eigenvalue weighted by Gasteiger charge is -2.10. The van der Waals surface area contributed by atoms with Crippen LogP contribution in [0.25, 0.3) is 16.9 Å². The highest BCUT2D eigenvalue weighted by Crippen LogP contribution is 2.34. The average Bonchev–Trinajstić information content (AvgIpc) is 3.18. The molecule has 1 heterocycles. The first-order valence-corrected chi connectivity index (χ1v) is 8.64. The number of ether oxygens (including phenoxy) is 2. The summed E-state index contributed by atoms with van der Waals surface area (Å²) in [6, 6.07) is 14.2. The topological polar surface area (TPSA) is 65.4 Å². The Kier molecular flexibility index (Phi) is 6.06. The number of carbonyl (C=O) groups excluding carboxylic acids is 1. The Morgan fingerprint density at radius 3 is 2.31 bits per heavy atom. The van der Waals surface area contributed by atoms with Gasteiger partial charge >= 0.3 is 6.18 Å². The highest BCUT2D eigenvalue weighted by molar-refractivity contribution is 5.64. The smallest absolute Gasteiger partial charge is 0.435 e. The van der Waals surface area contributed by atoms with Crippen LogP contribution in [0.3, 0.4) is 0 Å². The van der Waals surface area contributed by atoms with Crippen molar-refractivity contribution in [3.8, 4) is 28.4 Å². The zero-order valence-corrected chi connectivity index (χ0v) is 15.4. The summed E-state index contributed by atoms with van der Waals surface area (Å²) < 4.78 is 51.5. The van der Waals surface area contributed by atoms with E-state index in [-0.39, 0.29) is 12.3 Å². The van der Waals surface area contributed by atoms with Crippen molar-refractivity contribution < 1.29 is 27.4 Å². The fraction of sp³-hybridized carbons (Fsp3) is 0.200. The minimum atomic E-state index is -4.57. The fourth-order valence-corrected chi connectivity index (χ4v) is 2.65. The first kappa shape index (κ1) is 20.2. The molecule has 0 saturated heterocycles. The summed E-state index contributed by atoms with van der Waals surface area (Å²) in [4.78, 5) is 10.2. The number of amides is 1. The number of alkyl halides is 3. The predicted octanol–water partition coefficient (Wildman–Crippen LogP) is 3.69. The molecular formula is C20H18F3N3O3. The van der Waals surface area contributed by atoms with Gasteiger partial charge in [0.1, 0.15) is 18.1 Å². The maximum atomic E-state index is 13.3. The number of hydrogen-bond acceptors (Lipinski definition) is 4. The Labute approximate surface area is 164 Å². The summed E-state index contributed by atoms with van der Waals surface area (Å²) in [5.74, 6) is 1.12. The number of hydrogen-bond donors (Lipinski definition) is 1. The van der Waals surface area contributed by atoms with Crippen LogP contribution in [0.5, 0.6) is 11.5 Å². The largest absolute Gasteiger partial charge is 0.497 e. The molecule has 2 aromatic carbocycles. The second-order valence-electron chi connectivity index (χ2n) is 5.97. The number of benzene rings is 2. The van der Waals surface area contributed by atoms with Crippen molar-refractivity contribution in [1.29, 1.82) is 0 Å². The SMILES string of the molecule is COc1ccc(-n2nc(C(F)(F)F)cc2-c2ccc(OCCNC=O)cc2)cc1. The van der Waals surface area contributed by atoms with E-state index < -0.39 is 11.9 Å². The van der Waals surface area contributed by atoms with Crippen molar-refractivity contribution in [3.63, 3.8) is 0 Å². The molecule has 0 radical (unpaired) electrons. The van der Waals surface area contributed by atoms with Gasteiger partial charge in [0.25, 0.3) is 0 Å². The third kappa shape index (κ3) is 4.87. The van der Waals surface area contributed by atoms with E-state index in [4.69, 9.17) is 9.47 Å². The van der Waals surface area contributed by atoms with Crippen LogP contribution in [0.15, 0.2) is 54.6 Å². The number of carbonyl (C=O) groups is 1. The van der Waals surface area contributed by atoms with E-state index in [9.17, 15) is 18.0 Å². The normalized spacial score (nSPS) is 11.2. The van der Waals surface area contributed by atoms with E-state index in [1.54, 1.807) is 48.5 Å². The molecule has 3 aromatic rings. The number of rotatable bonds is 8. The average molecular weight is 405 g/mol. The van der Waals surface area contributed by atoms with Gasteiger partial charge in [-0.25, -0.2) is 4.68 Å². The van der Waals surface area contributed by atoms with Crippen LogP contribution in [0, 0.1) is 0 Å². The number of aromatic nitrogens is 2. The first-order valence-electron chi connectivity index (χ1n) is 8.64. The van der Waals surface area contributed by atoms with Crippen molar-refractivity contribution in [3.05, 3.63) is 60.3 Å². The Morgan fingerprint density at radius 2 is 1.72 bits per heavy atom. The number of halogens is 3. The summed E-state index contributed by atoms with van der Waals surface area (Å²) in [6.45, 7) is 0.629. The molecule has 0 spiro atoms. The van der Waals surface area contributed by atoms with E-state index in [1.807, 2.05) is 0 Å². The van der Waals surface area contributed by atoms with Crippen LogP contribution < -0.4 is 14.8 Å². The zero-order valence-electron chi connectivity index (χ0n) is 15.4. The fourth-order valence-electron chi connectivity index (χ4n) is 2.65. The zero-order chi connectivity index (χ0) is 20.9. The number of methoxy groups -OCH3 is 1. The summed E-state index contributed by atoms with van der Waals surface area (Å²) in [5.41, 5.74) is 0.319. The quantitative estimate of drug-likeness (QED) is 0.459. The van der Waals surface area contributed by atoms with Crippen LogP contribution in [-0.2, 0) is 11.0 Å². The van der Waals surface area contributed by atoms with E-state index >= 15 is 0 Å². The molecule has 29 heavy (non-hydrogen) atoms. The summed E-state index contributed by atoms with van der Waals surface area (Å²) >= 11 is 0. The van der Waals surface area contributed by atoms with Crippen LogP contribution in [0.4, 0.5) is 13.2 Å². The van der Waals surface area contributed by atoms with Gasteiger partial charge in [-0.3, -0.25) is 4.79 Å². The molecule has 152 valence electrons. The molecule has 9 heteroatoms. The standard InChI is InChI=1S/C20H18F3N3O3/c1-28-16-8-4-15(5-9-16)26-18(12-19(25-26)20(21,22)23)14-2-6-17(7-3-14)29-11-10-24-13-27/h2-9,12-13H,10-11H2,1H3,(H,24,27). The molecule has 0 unspecified atom stereocenters. The maximum absolute atomic E-state index is 13.3. The van der Waals surface area contributed by atoms with Gasteiger partial charge in [-0.1, -0.05) is 0 Å². The maximum Gasteiger partial charge on any atom is 0.435 e. The molecular weight excluding hydrogens is 387 g/mol. The molecule has 6 nitrogen and oxygen atoms in total. The van der Waals surface area contributed by atoms with Gasteiger partial charge < -0.3 is 14.8 Å². The minimum Gasteiger partial charge on any atom is -0.497 e. The van der Waals surface area contributed by atoms with Crippen molar-refractivity contribution in [2.24, 2.45) is 0 Å². The van der Waals surface area contributed by atoms with Gasteiger partial charge in [0, 0.05) is 5.56 Å². The lowest BCUT2D eigenvalue weighted by molar-refractivity contribution is -0.141. The molecule has 1 aromatic heterocycles. The third-order valence-electron chi connectivity index (χ3n) is 4.07. The molecule has 0 aliphatic rings. The number of nitrogens with zero attached hydrogens (tertiary/aromatic N) is 2. The Morgan fingerprint density at radius 1 is 1.07 bits per heavy atom. The van der Waals surface area contributed by atoms with Gasteiger partial charge in [-0.2, -0.15) is 18.3 Å². The molecule has 0 aliphatic heterocycles. The number of nitrogens with one attached hydrogen (secondary N) is 1. The Hall–Kier alpha value is -3.49. The molecule has 0 fully saturated rings. The lowest BCUT2D eigenvalue weighted by Crippen LogP contribution is -2.18. The van der Waals surface area contributed by atoms with Gasteiger partial charge in [-0.05, 0) is 54.6 Å². The Balaban J connectivity index is 1.92. The van der Waals surface area contributed by atoms with Crippen molar-refractivity contribution in [2.75, 3.05) is 20.3 Å². The van der Waals surface area contributed by atoms with E-state index in [0.717, 1.165) is 6.07 Å². The van der Waals surface area contributed by atoms with Gasteiger partial charge in [0.15, 0.2) is 5.69 Å². The molecule has 0 atom stereocenters. The van der Waals surface area contributed by atoms with Crippen LogP contribution in [0.2, 0.25) is 0 Å². The second-order valence-corrected chi connectivity index (χ2v) is 5.97. The van der Waals surface area contributed by atoms with E-state index in [1.165, 1.54) is 11.8 Å². The molecule has 3 rings (SSSR count). The molecule has 0 saturated carbocycles. The van der Waals surface area contributed by atoms with E-state index in [0.29, 0.717) is 35.7 Å². The highest BCUT2D eigenvalue weighted by Gasteiger charge is 2.35. The van der Waals surface area contributed by atoms with Crippen LogP contribution >= 0.6 is 0 Å². The molecule has 1 amide bonds. The van der Waals surface area contributed by atoms with Crippen LogP contribution in [-0.4, -0.2) is 36.5 Å². The van der Waals surface area contributed by atoms with E-state index in [2.05, 4.69) is 10.4 Å². The van der Waals surface area contributed by atoms with Gasteiger partial charge in [0.2, 0.25) is 6.41 Å². The Bertz CT molecular complexity index is 952. The molecule has 1 N–H and O–H groups in total. The summed E-state index contributed by atoms with van der Waals surface area (Å²) in [5, 5.41) is 6.23. The van der Waals surface area contributed by atoms with Crippen molar-refractivity contribution >= 4 is 6.41 Å². The molecule has 0 bridgehead atoms. The van der Waals surface area contributed by atoms with Crippen molar-refractivity contribution in [1.82, 2.24) is 15.1 Å². The summed E-state index contributed by atoms with van der Waals surface area (Å²) in [7, 11) is 1.51. The third-order valence-corrected chi connectivity index (χ3v) is 4.07.